The van der Waals surface area contributed by atoms with Crippen LogP contribution in [-0.2, 0) is 14.3 Å². The van der Waals surface area contributed by atoms with Crippen molar-refractivity contribution in [2.75, 3.05) is 25.2 Å². The van der Waals surface area contributed by atoms with Crippen molar-refractivity contribution >= 4 is 29.0 Å². The molecule has 1 N–H and O–H groups in total. The zero-order chi connectivity index (χ0) is 21.7. The van der Waals surface area contributed by atoms with Crippen LogP contribution in [0, 0.1) is 0 Å². The van der Waals surface area contributed by atoms with E-state index in [0.717, 1.165) is 16.9 Å². The van der Waals surface area contributed by atoms with Crippen LogP contribution >= 0.6 is 12.2 Å². The first-order valence-electron chi connectivity index (χ1n) is 10.1. The molecule has 1 aliphatic heterocycles. The summed E-state index contributed by atoms with van der Waals surface area (Å²) in [6.45, 7) is 6.76. The van der Waals surface area contributed by atoms with Crippen LogP contribution in [0.3, 0.4) is 0 Å². The average Bonchev–Trinajstić information content (AvgIpc) is 2.74. The molecule has 1 aliphatic rings. The van der Waals surface area contributed by atoms with Gasteiger partial charge in [0, 0.05) is 18.5 Å². The highest BCUT2D eigenvalue weighted by Crippen LogP contribution is 2.34. The minimum atomic E-state index is -0.381. The Labute approximate surface area is 183 Å². The molecular weight excluding hydrogens is 396 g/mol. The number of esters is 1. The third-order valence-corrected chi connectivity index (χ3v) is 5.48. The van der Waals surface area contributed by atoms with Crippen molar-refractivity contribution in [2.24, 2.45) is 0 Å². The highest BCUT2D eigenvalue weighted by atomic mass is 32.1. The molecule has 0 aliphatic carbocycles. The normalized spacial score (nSPS) is 16.6. The molecule has 0 amide bonds. The van der Waals surface area contributed by atoms with Gasteiger partial charge in [0.25, 0.3) is 0 Å². The molecule has 0 unspecified atom stereocenters. The smallest absolute Gasteiger partial charge is 0.338 e. The van der Waals surface area contributed by atoms with Crippen molar-refractivity contribution in [1.82, 2.24) is 5.32 Å². The van der Waals surface area contributed by atoms with Gasteiger partial charge in [-0.2, -0.15) is 0 Å². The third-order valence-electron chi connectivity index (χ3n) is 5.18. The third kappa shape index (κ3) is 4.71. The monoisotopic (exact) mass is 424 g/mol. The summed E-state index contributed by atoms with van der Waals surface area (Å²) in [4.78, 5) is 15.0. The first-order chi connectivity index (χ1) is 14.4. The minimum Gasteiger partial charge on any atom is -0.460 e. The van der Waals surface area contributed by atoms with Crippen LogP contribution in [0.2, 0.25) is 0 Å². The van der Waals surface area contributed by atoms with Crippen LogP contribution in [0.1, 0.15) is 43.9 Å². The van der Waals surface area contributed by atoms with Crippen molar-refractivity contribution in [2.45, 2.75) is 32.7 Å². The van der Waals surface area contributed by atoms with Crippen molar-refractivity contribution < 1.29 is 14.3 Å². The molecule has 2 aromatic carbocycles. The van der Waals surface area contributed by atoms with Crippen molar-refractivity contribution in [3.8, 4) is 0 Å². The molecule has 30 heavy (non-hydrogen) atoms. The zero-order valence-corrected chi connectivity index (χ0v) is 18.7. The molecule has 0 radical (unpaired) electrons. The van der Waals surface area contributed by atoms with Gasteiger partial charge in [0.2, 0.25) is 0 Å². The molecule has 1 heterocycles. The van der Waals surface area contributed by atoms with E-state index in [9.17, 15) is 4.79 Å². The van der Waals surface area contributed by atoms with Crippen LogP contribution in [-0.4, -0.2) is 31.4 Å². The fourth-order valence-electron chi connectivity index (χ4n) is 3.51. The number of nitrogens with zero attached hydrogens (tertiary/aromatic N) is 1. The fraction of sp³-hybridized carbons (Fsp3) is 0.333. The van der Waals surface area contributed by atoms with Gasteiger partial charge in [0.1, 0.15) is 6.61 Å². The molecule has 6 heteroatoms. The molecule has 2 aromatic rings. The first-order valence-corrected chi connectivity index (χ1v) is 10.5. The molecule has 0 fully saturated rings. The van der Waals surface area contributed by atoms with Gasteiger partial charge in [-0.25, -0.2) is 4.79 Å². The van der Waals surface area contributed by atoms with Gasteiger partial charge in [-0.15, -0.1) is 0 Å². The lowest BCUT2D eigenvalue weighted by molar-refractivity contribution is -0.140. The van der Waals surface area contributed by atoms with E-state index >= 15 is 0 Å². The van der Waals surface area contributed by atoms with Crippen LogP contribution < -0.4 is 10.2 Å². The van der Waals surface area contributed by atoms with Crippen molar-refractivity contribution in [3.05, 3.63) is 77.0 Å². The number of carbonyl (C=O) groups is 1. The molecule has 158 valence electrons. The average molecular weight is 425 g/mol. The Morgan fingerprint density at radius 1 is 1.10 bits per heavy atom. The van der Waals surface area contributed by atoms with Crippen molar-refractivity contribution in [1.29, 1.82) is 0 Å². The van der Waals surface area contributed by atoms with Gasteiger partial charge < -0.3 is 14.8 Å². The summed E-state index contributed by atoms with van der Waals surface area (Å²) in [5.41, 5.74) is 4.40. The number of hydrogen-bond acceptors (Lipinski definition) is 4. The van der Waals surface area contributed by atoms with Crippen LogP contribution in [0.4, 0.5) is 5.69 Å². The van der Waals surface area contributed by atoms with E-state index in [1.807, 2.05) is 54.3 Å². The molecular formula is C24H28N2O3S. The van der Waals surface area contributed by atoms with Gasteiger partial charge in [-0.3, -0.25) is 4.90 Å². The molecule has 3 rings (SSSR count). The highest BCUT2D eigenvalue weighted by Gasteiger charge is 2.35. The van der Waals surface area contributed by atoms with E-state index in [-0.39, 0.29) is 18.6 Å². The largest absolute Gasteiger partial charge is 0.460 e. The van der Waals surface area contributed by atoms with E-state index < -0.39 is 0 Å². The number of para-hydroxylation sites is 1. The summed E-state index contributed by atoms with van der Waals surface area (Å²) in [5, 5.41) is 3.90. The number of ether oxygens (including phenoxy) is 2. The summed E-state index contributed by atoms with van der Waals surface area (Å²) in [6.07, 6.45) is 0. The number of allylic oxidation sites excluding steroid dienone is 1. The second-order valence-corrected chi connectivity index (χ2v) is 7.89. The van der Waals surface area contributed by atoms with Gasteiger partial charge in [0.05, 0.1) is 18.2 Å². The topological polar surface area (TPSA) is 50.8 Å². The molecule has 0 saturated carbocycles. The lowest BCUT2D eigenvalue weighted by Gasteiger charge is -2.37. The Balaban J connectivity index is 2.03. The van der Waals surface area contributed by atoms with Crippen molar-refractivity contribution in [3.63, 3.8) is 0 Å². The van der Waals surface area contributed by atoms with E-state index in [0.29, 0.717) is 23.2 Å². The van der Waals surface area contributed by atoms with Crippen LogP contribution in [0.25, 0.3) is 0 Å². The highest BCUT2D eigenvalue weighted by molar-refractivity contribution is 7.80. The Hall–Kier alpha value is -2.70. The molecule has 0 bridgehead atoms. The van der Waals surface area contributed by atoms with Gasteiger partial charge >= 0.3 is 5.97 Å². The maximum absolute atomic E-state index is 13.1. The number of benzene rings is 2. The van der Waals surface area contributed by atoms with E-state index in [1.165, 1.54) is 5.56 Å². The minimum absolute atomic E-state index is 0.195. The second kappa shape index (κ2) is 9.87. The Kier molecular flexibility index (Phi) is 7.24. The second-order valence-electron chi connectivity index (χ2n) is 7.50. The number of rotatable bonds is 7. The Bertz CT molecular complexity index is 923. The Morgan fingerprint density at radius 3 is 2.37 bits per heavy atom. The summed E-state index contributed by atoms with van der Waals surface area (Å²) in [7, 11) is 1.58. The number of nitrogens with one attached hydrogen (secondary N) is 1. The van der Waals surface area contributed by atoms with Crippen LogP contribution in [0.5, 0.6) is 0 Å². The lowest BCUT2D eigenvalue weighted by atomic mass is 9.92. The summed E-state index contributed by atoms with van der Waals surface area (Å²) >= 11 is 5.68. The van der Waals surface area contributed by atoms with Crippen LogP contribution in [0.15, 0.2) is 65.9 Å². The number of anilines is 1. The number of thiocarbonyl (C=S) groups is 1. The standard InChI is InChI=1S/C24H28N2O3S/c1-16(2)18-10-12-19(13-11-18)22-21(23(27)29-15-14-28-4)17(3)26(24(30)25-22)20-8-6-5-7-9-20/h5-13,16,22H,14-15H2,1-4H3,(H,25,30)/t22-/m1/s1. The van der Waals surface area contributed by atoms with E-state index in [1.54, 1.807) is 7.11 Å². The predicted molar refractivity (Wildman–Crippen MR) is 123 cm³/mol. The molecule has 0 spiro atoms. The van der Waals surface area contributed by atoms with Gasteiger partial charge in [-0.1, -0.05) is 56.3 Å². The molecule has 5 nitrogen and oxygen atoms in total. The predicted octanol–water partition coefficient (Wildman–Crippen LogP) is 4.71. The zero-order valence-electron chi connectivity index (χ0n) is 17.8. The molecule has 0 aromatic heterocycles. The van der Waals surface area contributed by atoms with Gasteiger partial charge in [0.15, 0.2) is 5.11 Å². The lowest BCUT2D eigenvalue weighted by Crippen LogP contribution is -2.48. The molecule has 0 saturated heterocycles. The number of methoxy groups -OCH3 is 1. The van der Waals surface area contributed by atoms with E-state index in [4.69, 9.17) is 21.7 Å². The molecule has 1 atom stereocenters. The maximum Gasteiger partial charge on any atom is 0.338 e. The maximum atomic E-state index is 13.1. The Morgan fingerprint density at radius 2 is 1.77 bits per heavy atom. The summed E-state index contributed by atoms with van der Waals surface area (Å²) in [5.74, 6) is 0.0576. The summed E-state index contributed by atoms with van der Waals surface area (Å²) < 4.78 is 10.5. The fourth-order valence-corrected chi connectivity index (χ4v) is 3.87. The number of carbonyl (C=O) groups excluding carboxylic acids is 1. The number of hydrogen-bond donors (Lipinski definition) is 1. The quantitative estimate of drug-likeness (QED) is 0.395. The van der Waals surface area contributed by atoms with E-state index in [2.05, 4.69) is 31.3 Å². The first kappa shape index (κ1) is 22.0. The summed E-state index contributed by atoms with van der Waals surface area (Å²) in [6, 6.07) is 17.7. The SMILES string of the molecule is COCCOC(=O)C1=C(C)N(c2ccccc2)C(=S)N[C@@H]1c1ccc(C(C)C)cc1. The van der Waals surface area contributed by atoms with Gasteiger partial charge in [-0.05, 0) is 48.3 Å².